The van der Waals surface area contributed by atoms with E-state index < -0.39 is 0 Å². The number of hydrogen-bond acceptors (Lipinski definition) is 4. The summed E-state index contributed by atoms with van der Waals surface area (Å²) >= 11 is 0. The molecule has 4 heteroatoms. The minimum absolute atomic E-state index is 0.406. The van der Waals surface area contributed by atoms with Gasteiger partial charge in [0.1, 0.15) is 5.82 Å². The fourth-order valence-corrected chi connectivity index (χ4v) is 5.79. The van der Waals surface area contributed by atoms with Gasteiger partial charge in [-0.3, -0.25) is 4.98 Å². The first-order valence-corrected chi connectivity index (χ1v) is 9.63. The number of hydrogen-bond donors (Lipinski definition) is 1. The third kappa shape index (κ3) is 2.38. The number of likely N-dealkylation sites (tertiary alicyclic amines) is 1. The number of rotatable bonds is 2. The van der Waals surface area contributed by atoms with Gasteiger partial charge in [-0.15, -0.1) is 0 Å². The van der Waals surface area contributed by atoms with Crippen molar-refractivity contribution in [1.29, 1.82) is 0 Å². The molecule has 25 heavy (non-hydrogen) atoms. The topological polar surface area (TPSA) is 41.0 Å². The lowest BCUT2D eigenvalue weighted by atomic mass is 9.52. The first kappa shape index (κ1) is 15.3. The summed E-state index contributed by atoms with van der Waals surface area (Å²) in [6, 6.07) is 7.72. The van der Waals surface area contributed by atoms with Crippen molar-refractivity contribution in [2.45, 2.75) is 50.0 Å². The van der Waals surface area contributed by atoms with E-state index in [1.807, 2.05) is 0 Å². The average molecular weight is 334 g/mol. The molecule has 2 aromatic rings. The molecular weight excluding hydrogens is 308 g/mol. The van der Waals surface area contributed by atoms with E-state index in [-0.39, 0.29) is 0 Å². The van der Waals surface area contributed by atoms with Crippen molar-refractivity contribution in [3.8, 4) is 0 Å². The van der Waals surface area contributed by atoms with Gasteiger partial charge in [0.15, 0.2) is 0 Å². The molecule has 1 saturated carbocycles. The zero-order chi connectivity index (χ0) is 16.9. The minimum atomic E-state index is 0.406. The molecule has 0 amide bonds. The number of anilines is 2. The Kier molecular flexibility index (Phi) is 3.56. The number of benzene rings is 1. The van der Waals surface area contributed by atoms with E-state index in [9.17, 15) is 0 Å². The molecule has 2 fully saturated rings. The Bertz CT molecular complexity index is 775. The molecule has 3 atom stereocenters. The molecule has 3 aliphatic rings. The summed E-state index contributed by atoms with van der Waals surface area (Å²) in [5.74, 6) is 1.65. The van der Waals surface area contributed by atoms with Gasteiger partial charge in [-0.2, -0.15) is 0 Å². The highest BCUT2D eigenvalue weighted by atomic mass is 15.2. The first-order valence-electron chi connectivity index (χ1n) is 9.63. The maximum absolute atomic E-state index is 4.36. The Hall–Kier alpha value is -1.94. The lowest BCUT2D eigenvalue weighted by Crippen LogP contribution is -2.59. The number of piperidine rings is 1. The summed E-state index contributed by atoms with van der Waals surface area (Å²) in [7, 11) is 2.33. The van der Waals surface area contributed by atoms with E-state index in [1.165, 1.54) is 45.1 Å². The van der Waals surface area contributed by atoms with Crippen LogP contribution in [0.1, 0.15) is 43.2 Å². The van der Waals surface area contributed by atoms with Crippen LogP contribution in [0.4, 0.5) is 11.5 Å². The zero-order valence-corrected chi connectivity index (χ0v) is 14.9. The SMILES string of the molecule is CN1CC[C@]23CCCC[C@H]2[C@H]1Cc1ccc(Nc2cnccn2)cc13. The van der Waals surface area contributed by atoms with Crippen LogP contribution in [0.25, 0.3) is 0 Å². The molecule has 1 aromatic carbocycles. The fourth-order valence-electron chi connectivity index (χ4n) is 5.79. The summed E-state index contributed by atoms with van der Waals surface area (Å²) in [6.45, 7) is 1.24. The van der Waals surface area contributed by atoms with Gasteiger partial charge in [0.25, 0.3) is 0 Å². The normalized spacial score (nSPS) is 31.1. The monoisotopic (exact) mass is 334 g/mol. The van der Waals surface area contributed by atoms with Crippen LogP contribution in [0.5, 0.6) is 0 Å². The molecular formula is C21H26N4. The highest BCUT2D eigenvalue weighted by Crippen LogP contribution is 2.55. The molecule has 0 unspecified atom stereocenters. The molecule has 2 aliphatic carbocycles. The fraction of sp³-hybridized carbons (Fsp3) is 0.524. The van der Waals surface area contributed by atoms with Crippen molar-refractivity contribution in [1.82, 2.24) is 14.9 Å². The van der Waals surface area contributed by atoms with Gasteiger partial charge in [-0.05, 0) is 68.5 Å². The van der Waals surface area contributed by atoms with E-state index in [4.69, 9.17) is 0 Å². The number of nitrogens with one attached hydrogen (secondary N) is 1. The minimum Gasteiger partial charge on any atom is -0.339 e. The second-order valence-corrected chi connectivity index (χ2v) is 8.10. The lowest BCUT2D eigenvalue weighted by molar-refractivity contribution is 0.00290. The second-order valence-electron chi connectivity index (χ2n) is 8.10. The molecule has 0 radical (unpaired) electrons. The van der Waals surface area contributed by atoms with Crippen LogP contribution in [0.3, 0.4) is 0 Å². The molecule has 1 aliphatic heterocycles. The molecule has 1 aromatic heterocycles. The number of nitrogens with zero attached hydrogens (tertiary/aromatic N) is 3. The van der Waals surface area contributed by atoms with Gasteiger partial charge in [-0.1, -0.05) is 18.9 Å². The van der Waals surface area contributed by atoms with E-state index in [0.717, 1.165) is 23.5 Å². The van der Waals surface area contributed by atoms with Crippen LogP contribution >= 0.6 is 0 Å². The Balaban J connectivity index is 1.56. The van der Waals surface area contributed by atoms with Crippen molar-refractivity contribution >= 4 is 11.5 Å². The molecule has 2 heterocycles. The van der Waals surface area contributed by atoms with E-state index in [0.29, 0.717) is 5.41 Å². The number of fused-ring (bicyclic) bond motifs is 1. The summed E-state index contributed by atoms with van der Waals surface area (Å²) < 4.78 is 0. The van der Waals surface area contributed by atoms with Gasteiger partial charge in [0.2, 0.25) is 0 Å². The summed E-state index contributed by atoms with van der Waals surface area (Å²) in [6.07, 6.45) is 13.3. The smallest absolute Gasteiger partial charge is 0.148 e. The van der Waals surface area contributed by atoms with Crippen molar-refractivity contribution < 1.29 is 0 Å². The van der Waals surface area contributed by atoms with Crippen molar-refractivity contribution in [3.05, 3.63) is 47.9 Å². The molecule has 1 N–H and O–H groups in total. The van der Waals surface area contributed by atoms with Crippen LogP contribution in [-0.4, -0.2) is 34.5 Å². The summed E-state index contributed by atoms with van der Waals surface area (Å²) in [4.78, 5) is 11.1. The van der Waals surface area contributed by atoms with E-state index >= 15 is 0 Å². The largest absolute Gasteiger partial charge is 0.339 e. The third-order valence-electron chi connectivity index (χ3n) is 6.95. The molecule has 1 saturated heterocycles. The lowest BCUT2D eigenvalue weighted by Gasteiger charge is -2.58. The van der Waals surface area contributed by atoms with Crippen LogP contribution in [-0.2, 0) is 11.8 Å². The Morgan fingerprint density at radius 3 is 3.04 bits per heavy atom. The Labute approximate surface area is 149 Å². The molecule has 5 rings (SSSR count). The maximum atomic E-state index is 4.36. The van der Waals surface area contributed by atoms with Crippen LogP contribution in [0, 0.1) is 5.92 Å². The number of aromatic nitrogens is 2. The molecule has 130 valence electrons. The maximum Gasteiger partial charge on any atom is 0.148 e. The molecule has 4 nitrogen and oxygen atoms in total. The second kappa shape index (κ2) is 5.80. The van der Waals surface area contributed by atoms with Gasteiger partial charge >= 0.3 is 0 Å². The van der Waals surface area contributed by atoms with Gasteiger partial charge in [-0.25, -0.2) is 4.98 Å². The van der Waals surface area contributed by atoms with E-state index in [1.54, 1.807) is 29.7 Å². The van der Waals surface area contributed by atoms with Crippen molar-refractivity contribution in [3.63, 3.8) is 0 Å². The Morgan fingerprint density at radius 2 is 2.16 bits per heavy atom. The Morgan fingerprint density at radius 1 is 1.20 bits per heavy atom. The number of likely N-dealkylation sites (N-methyl/N-ethyl adjacent to an activating group) is 1. The standard InChI is InChI=1S/C21H26N4/c1-25-11-8-21-7-3-2-4-17(21)19(25)12-15-5-6-16(13-18(15)21)24-20-14-22-9-10-23-20/h5-6,9-10,13-14,17,19H,2-4,7-8,11-12H2,1H3,(H,23,24)/t17-,19+,21+/m0/s1. The van der Waals surface area contributed by atoms with Crippen molar-refractivity contribution in [2.24, 2.45) is 5.92 Å². The first-order chi connectivity index (χ1) is 12.3. The van der Waals surface area contributed by atoms with Crippen LogP contribution in [0.15, 0.2) is 36.8 Å². The van der Waals surface area contributed by atoms with Gasteiger partial charge in [0, 0.05) is 29.5 Å². The van der Waals surface area contributed by atoms with Gasteiger partial charge in [0.05, 0.1) is 6.20 Å². The molecule has 0 spiro atoms. The third-order valence-corrected chi connectivity index (χ3v) is 6.95. The summed E-state index contributed by atoms with van der Waals surface area (Å²) in [5.41, 5.74) is 4.74. The van der Waals surface area contributed by atoms with Crippen LogP contribution in [0.2, 0.25) is 0 Å². The van der Waals surface area contributed by atoms with Crippen molar-refractivity contribution in [2.75, 3.05) is 18.9 Å². The highest BCUT2D eigenvalue weighted by Gasteiger charge is 2.52. The van der Waals surface area contributed by atoms with Gasteiger partial charge < -0.3 is 10.2 Å². The predicted molar refractivity (Wildman–Crippen MR) is 100 cm³/mol. The quantitative estimate of drug-likeness (QED) is 0.904. The summed E-state index contributed by atoms with van der Waals surface area (Å²) in [5, 5.41) is 3.44. The van der Waals surface area contributed by atoms with E-state index in [2.05, 4.69) is 45.4 Å². The average Bonchev–Trinajstić information content (AvgIpc) is 2.66. The highest BCUT2D eigenvalue weighted by molar-refractivity contribution is 5.59. The molecule has 2 bridgehead atoms. The predicted octanol–water partition coefficient (Wildman–Crippen LogP) is 3.91. The van der Waals surface area contributed by atoms with Crippen LogP contribution < -0.4 is 5.32 Å². The zero-order valence-electron chi connectivity index (χ0n) is 14.9.